The molecule has 1 saturated heterocycles. The number of carbonyl (C=O) groups excluding carboxylic acids is 1. The summed E-state index contributed by atoms with van der Waals surface area (Å²) in [6.45, 7) is 2.57. The lowest BCUT2D eigenvalue weighted by Gasteiger charge is -2.49. The van der Waals surface area contributed by atoms with Crippen molar-refractivity contribution in [3.63, 3.8) is 0 Å². The Hall–Kier alpha value is -1.73. The Bertz CT molecular complexity index is 630. The zero-order valence-electron chi connectivity index (χ0n) is 12.8. The Morgan fingerprint density at radius 1 is 1.17 bits per heavy atom. The third-order valence-corrected chi connectivity index (χ3v) is 4.68. The van der Waals surface area contributed by atoms with Gasteiger partial charge in [0.05, 0.1) is 11.3 Å². The van der Waals surface area contributed by atoms with Crippen molar-refractivity contribution < 1.29 is 22.4 Å². The van der Waals surface area contributed by atoms with Gasteiger partial charge >= 0.3 is 0 Å². The van der Waals surface area contributed by atoms with E-state index in [1.807, 2.05) is 0 Å². The van der Waals surface area contributed by atoms with E-state index in [-0.39, 0.29) is 18.7 Å². The smallest absolute Gasteiger partial charge is 0.257 e. The van der Waals surface area contributed by atoms with Gasteiger partial charge in [0.25, 0.3) is 11.8 Å². The quantitative estimate of drug-likeness (QED) is 0.744. The molecule has 2 fully saturated rings. The van der Waals surface area contributed by atoms with E-state index in [0.29, 0.717) is 11.5 Å². The maximum Gasteiger partial charge on any atom is 0.257 e. The first-order valence-electron chi connectivity index (χ1n) is 7.45. The van der Waals surface area contributed by atoms with Crippen molar-refractivity contribution >= 4 is 5.91 Å². The van der Waals surface area contributed by atoms with Crippen LogP contribution in [0.4, 0.5) is 17.6 Å². The van der Waals surface area contributed by atoms with Crippen LogP contribution in [0.2, 0.25) is 0 Å². The summed E-state index contributed by atoms with van der Waals surface area (Å²) in [6, 6.07) is 0. The van der Waals surface area contributed by atoms with Crippen LogP contribution in [0, 0.1) is 25.7 Å². The highest BCUT2D eigenvalue weighted by Crippen LogP contribution is 2.52. The molecule has 0 spiro atoms. The first kappa shape index (κ1) is 16.1. The zero-order chi connectivity index (χ0) is 17.0. The third-order valence-electron chi connectivity index (χ3n) is 4.68. The summed E-state index contributed by atoms with van der Waals surface area (Å²) >= 11 is 0. The van der Waals surface area contributed by atoms with Crippen LogP contribution < -0.4 is 0 Å². The number of rotatable bonds is 1. The molecule has 2 aliphatic rings. The van der Waals surface area contributed by atoms with E-state index in [0.717, 1.165) is 0 Å². The lowest BCUT2D eigenvalue weighted by atomic mass is 9.72. The standard InChI is InChI=1S/C15H17F4N3O/c1-8-12(5-20-9(2)21-8)13(23)22-6-10-3-14(16,17)4-11(7-22)15(10,18)19/h5,10-11H,3-4,6-7H2,1-2H3. The number of aromatic nitrogens is 2. The maximum atomic E-state index is 14.1. The Morgan fingerprint density at radius 2 is 1.74 bits per heavy atom. The Kier molecular flexibility index (Phi) is 3.61. The molecule has 1 aromatic rings. The third kappa shape index (κ3) is 2.79. The fourth-order valence-corrected chi connectivity index (χ4v) is 3.52. The fraction of sp³-hybridized carbons (Fsp3) is 0.667. The SMILES string of the molecule is Cc1ncc(C(=O)N2CC3CC(F)(F)CC(C2)C3(F)F)c(C)n1. The van der Waals surface area contributed by atoms with E-state index in [1.165, 1.54) is 11.1 Å². The van der Waals surface area contributed by atoms with E-state index in [4.69, 9.17) is 0 Å². The van der Waals surface area contributed by atoms with E-state index in [1.54, 1.807) is 13.8 Å². The van der Waals surface area contributed by atoms with E-state index in [2.05, 4.69) is 9.97 Å². The first-order valence-corrected chi connectivity index (χ1v) is 7.45. The molecule has 1 saturated carbocycles. The molecule has 1 aromatic heterocycles. The van der Waals surface area contributed by atoms with Gasteiger partial charge in [-0.25, -0.2) is 27.5 Å². The average Bonchev–Trinajstić information content (AvgIpc) is 2.40. The molecule has 1 amide bonds. The number of nitrogens with zero attached hydrogens (tertiary/aromatic N) is 3. The summed E-state index contributed by atoms with van der Waals surface area (Å²) < 4.78 is 55.4. The van der Waals surface area contributed by atoms with Crippen molar-refractivity contribution in [2.75, 3.05) is 13.1 Å². The first-order chi connectivity index (χ1) is 10.6. The van der Waals surface area contributed by atoms with Gasteiger partial charge in [-0.1, -0.05) is 0 Å². The Balaban J connectivity index is 1.85. The molecule has 0 aromatic carbocycles. The molecule has 1 aliphatic heterocycles. The minimum atomic E-state index is -3.16. The van der Waals surface area contributed by atoms with Gasteiger partial charge in [0.1, 0.15) is 5.82 Å². The highest BCUT2D eigenvalue weighted by molar-refractivity contribution is 5.95. The van der Waals surface area contributed by atoms with Crippen molar-refractivity contribution in [2.24, 2.45) is 11.8 Å². The number of hydrogen-bond donors (Lipinski definition) is 0. The van der Waals surface area contributed by atoms with Gasteiger partial charge in [-0.05, 0) is 13.8 Å². The van der Waals surface area contributed by atoms with Crippen LogP contribution in [0.5, 0.6) is 0 Å². The average molecular weight is 331 g/mol. The zero-order valence-corrected chi connectivity index (χ0v) is 12.8. The van der Waals surface area contributed by atoms with Gasteiger partial charge in [-0.2, -0.15) is 0 Å². The second kappa shape index (κ2) is 5.14. The topological polar surface area (TPSA) is 46.1 Å². The summed E-state index contributed by atoms with van der Waals surface area (Å²) in [4.78, 5) is 21.8. The van der Waals surface area contributed by atoms with Crippen molar-refractivity contribution in [2.45, 2.75) is 38.5 Å². The summed E-state index contributed by atoms with van der Waals surface area (Å²) in [5.41, 5.74) is 0.681. The minimum Gasteiger partial charge on any atom is -0.338 e. The minimum absolute atomic E-state index is 0.227. The fourth-order valence-electron chi connectivity index (χ4n) is 3.52. The lowest BCUT2D eigenvalue weighted by Crippen LogP contribution is -2.60. The molecule has 0 radical (unpaired) electrons. The summed E-state index contributed by atoms with van der Waals surface area (Å²) in [5, 5.41) is 0. The number of amides is 1. The number of halogens is 4. The van der Waals surface area contributed by atoms with Crippen LogP contribution in [-0.2, 0) is 0 Å². The maximum absolute atomic E-state index is 14.1. The number of carbonyl (C=O) groups is 1. The van der Waals surface area contributed by atoms with Crippen LogP contribution in [0.1, 0.15) is 34.7 Å². The molecule has 3 rings (SSSR count). The van der Waals surface area contributed by atoms with Crippen LogP contribution >= 0.6 is 0 Å². The molecule has 2 unspecified atom stereocenters. The van der Waals surface area contributed by atoms with Crippen LogP contribution in [0.3, 0.4) is 0 Å². The second-order valence-corrected chi connectivity index (χ2v) is 6.46. The molecule has 4 nitrogen and oxygen atoms in total. The van der Waals surface area contributed by atoms with E-state index in [9.17, 15) is 22.4 Å². The van der Waals surface area contributed by atoms with Gasteiger partial charge < -0.3 is 4.90 Å². The molecule has 0 N–H and O–H groups in total. The summed E-state index contributed by atoms with van der Waals surface area (Å²) in [7, 11) is 0. The monoisotopic (exact) mass is 331 g/mol. The van der Waals surface area contributed by atoms with Crippen LogP contribution in [0.25, 0.3) is 0 Å². The van der Waals surface area contributed by atoms with Gasteiger partial charge in [-0.3, -0.25) is 4.79 Å². The van der Waals surface area contributed by atoms with Gasteiger partial charge in [-0.15, -0.1) is 0 Å². The number of hydrogen-bond acceptors (Lipinski definition) is 3. The van der Waals surface area contributed by atoms with Crippen molar-refractivity contribution in [3.05, 3.63) is 23.3 Å². The molecule has 2 bridgehead atoms. The number of fused-ring (bicyclic) bond motifs is 2. The molecule has 2 atom stereocenters. The van der Waals surface area contributed by atoms with Crippen LogP contribution in [-0.4, -0.2) is 45.7 Å². The van der Waals surface area contributed by atoms with Crippen molar-refractivity contribution in [1.29, 1.82) is 0 Å². The van der Waals surface area contributed by atoms with Crippen molar-refractivity contribution in [1.82, 2.24) is 14.9 Å². The molecule has 8 heteroatoms. The largest absolute Gasteiger partial charge is 0.338 e. The predicted octanol–water partition coefficient (Wildman–Crippen LogP) is 2.85. The Labute approximate surface area is 130 Å². The highest BCUT2D eigenvalue weighted by Gasteiger charge is 2.61. The predicted molar refractivity (Wildman–Crippen MR) is 73.5 cm³/mol. The van der Waals surface area contributed by atoms with E-state index < -0.39 is 42.4 Å². The van der Waals surface area contributed by atoms with Gasteiger partial charge in [0.2, 0.25) is 5.92 Å². The second-order valence-electron chi connectivity index (χ2n) is 6.46. The Morgan fingerprint density at radius 3 is 2.26 bits per heavy atom. The molecule has 2 heterocycles. The van der Waals surface area contributed by atoms with Gasteiger partial charge in [0, 0.05) is 44.0 Å². The molecular weight excluding hydrogens is 314 g/mol. The number of likely N-dealkylation sites (tertiary alicyclic amines) is 1. The van der Waals surface area contributed by atoms with Gasteiger partial charge in [0.15, 0.2) is 0 Å². The van der Waals surface area contributed by atoms with E-state index >= 15 is 0 Å². The highest BCUT2D eigenvalue weighted by atomic mass is 19.3. The molecular formula is C15H17F4N3O. The molecule has 126 valence electrons. The summed E-state index contributed by atoms with van der Waals surface area (Å²) in [5.74, 6) is -9.24. The number of alkyl halides is 4. The normalized spacial score (nSPS) is 28.5. The molecule has 23 heavy (non-hydrogen) atoms. The summed E-state index contributed by atoms with van der Waals surface area (Å²) in [6.07, 6.45) is -0.412. The van der Waals surface area contributed by atoms with Crippen molar-refractivity contribution in [3.8, 4) is 0 Å². The number of aryl methyl sites for hydroxylation is 2. The molecule has 1 aliphatic carbocycles. The lowest BCUT2D eigenvalue weighted by molar-refractivity contribution is -0.222. The van der Waals surface area contributed by atoms with Crippen LogP contribution in [0.15, 0.2) is 6.20 Å². The number of piperidine rings is 1.